The van der Waals surface area contributed by atoms with Gasteiger partial charge in [0, 0.05) is 19.3 Å². The van der Waals surface area contributed by atoms with Gasteiger partial charge in [-0.15, -0.1) is 0 Å². The molecule has 0 saturated carbocycles. The standard InChI is InChI=1S/C56H82O6/c1-4-7-10-13-16-19-22-24-26-28-30-31-34-37-40-43-46-49-55(58)61-52-53(51-60-54(57)48-45-42-39-36-33-21-18-15-12-9-6-3)62-56(59)50-47-44-41-38-35-32-29-27-25-23-20-17-14-11-8-5-2/h7-8,10-11,13,15-22,24-28,30-35,41,44,53H,4-6,9,12,14,23,29,36-40,42-43,45-52H2,1-3H3/b10-7-,11-8-,16-13-,18-15-,20-17-,22-19-,26-24-,27-25-,30-28+,33-21-,34-31-,35-32-,44-41-. The third kappa shape index (κ3) is 46.1. The van der Waals surface area contributed by atoms with Gasteiger partial charge in [0.25, 0.3) is 0 Å². The summed E-state index contributed by atoms with van der Waals surface area (Å²) < 4.78 is 16.6. The maximum Gasteiger partial charge on any atom is 0.306 e. The molecule has 0 rings (SSSR count). The van der Waals surface area contributed by atoms with Crippen LogP contribution in [-0.4, -0.2) is 37.2 Å². The minimum absolute atomic E-state index is 0.145. The summed E-state index contributed by atoms with van der Waals surface area (Å²) in [7, 11) is 0. The first kappa shape index (κ1) is 57.0. The minimum atomic E-state index is -0.854. The van der Waals surface area contributed by atoms with E-state index in [1.54, 1.807) is 0 Å². The number of ether oxygens (including phenoxy) is 3. The fourth-order valence-corrected chi connectivity index (χ4v) is 5.44. The molecule has 1 atom stereocenters. The van der Waals surface area contributed by atoms with Crippen molar-refractivity contribution in [1.29, 1.82) is 0 Å². The summed E-state index contributed by atoms with van der Waals surface area (Å²) in [6, 6.07) is 0. The lowest BCUT2D eigenvalue weighted by Gasteiger charge is -2.18. The van der Waals surface area contributed by atoms with Crippen molar-refractivity contribution in [3.05, 3.63) is 158 Å². The molecule has 0 aliphatic carbocycles. The van der Waals surface area contributed by atoms with E-state index in [-0.39, 0.29) is 38.0 Å². The lowest BCUT2D eigenvalue weighted by molar-refractivity contribution is -0.166. The Morgan fingerprint density at radius 1 is 0.355 bits per heavy atom. The van der Waals surface area contributed by atoms with E-state index >= 15 is 0 Å². The average Bonchev–Trinajstić information content (AvgIpc) is 3.27. The summed E-state index contributed by atoms with van der Waals surface area (Å²) >= 11 is 0. The fraction of sp³-hybridized carbons (Fsp3) is 0.482. The van der Waals surface area contributed by atoms with Crippen LogP contribution in [-0.2, 0) is 28.6 Å². The molecule has 1 unspecified atom stereocenters. The molecule has 0 fully saturated rings. The van der Waals surface area contributed by atoms with Gasteiger partial charge in [0.2, 0.25) is 0 Å². The van der Waals surface area contributed by atoms with Crippen LogP contribution >= 0.6 is 0 Å². The van der Waals surface area contributed by atoms with E-state index in [0.717, 1.165) is 89.9 Å². The highest BCUT2D eigenvalue weighted by atomic mass is 16.6. The van der Waals surface area contributed by atoms with E-state index in [1.165, 1.54) is 12.8 Å². The van der Waals surface area contributed by atoms with Crippen molar-refractivity contribution in [3.63, 3.8) is 0 Å². The number of hydrogen-bond acceptors (Lipinski definition) is 6. The fourth-order valence-electron chi connectivity index (χ4n) is 5.44. The van der Waals surface area contributed by atoms with Crippen LogP contribution in [0.15, 0.2) is 158 Å². The Labute approximate surface area is 378 Å². The number of unbranched alkanes of at least 4 members (excludes halogenated alkanes) is 8. The summed E-state index contributed by atoms with van der Waals surface area (Å²) in [6.45, 7) is 6.15. The summed E-state index contributed by atoms with van der Waals surface area (Å²) in [5.41, 5.74) is 0. The van der Waals surface area contributed by atoms with Crippen LogP contribution in [0.25, 0.3) is 0 Å². The van der Waals surface area contributed by atoms with Gasteiger partial charge in [-0.2, -0.15) is 0 Å². The number of allylic oxidation sites excluding steroid dienone is 26. The molecule has 0 spiro atoms. The molecule has 0 heterocycles. The predicted octanol–water partition coefficient (Wildman–Crippen LogP) is 15.5. The van der Waals surface area contributed by atoms with Gasteiger partial charge >= 0.3 is 17.9 Å². The van der Waals surface area contributed by atoms with Crippen LogP contribution in [0.2, 0.25) is 0 Å². The molecule has 0 aliphatic rings. The first-order valence-corrected chi connectivity index (χ1v) is 23.6. The van der Waals surface area contributed by atoms with E-state index in [9.17, 15) is 14.4 Å². The Morgan fingerprint density at radius 2 is 0.742 bits per heavy atom. The molecular formula is C56H82O6. The Hall–Kier alpha value is -4.97. The molecule has 62 heavy (non-hydrogen) atoms. The first-order valence-electron chi connectivity index (χ1n) is 23.6. The second kappa shape index (κ2) is 48.7. The monoisotopic (exact) mass is 851 g/mol. The minimum Gasteiger partial charge on any atom is -0.462 e. The molecular weight excluding hydrogens is 769 g/mol. The second-order valence-electron chi connectivity index (χ2n) is 14.7. The number of carbonyl (C=O) groups excluding carboxylic acids is 3. The van der Waals surface area contributed by atoms with Crippen molar-refractivity contribution >= 4 is 17.9 Å². The van der Waals surface area contributed by atoms with Gasteiger partial charge in [-0.25, -0.2) is 0 Å². The molecule has 0 N–H and O–H groups in total. The number of esters is 3. The molecule has 0 bridgehead atoms. The van der Waals surface area contributed by atoms with E-state index in [2.05, 4.69) is 106 Å². The summed E-state index contributed by atoms with van der Waals surface area (Å²) in [5.74, 6) is -1.12. The normalized spacial score (nSPS) is 13.5. The molecule has 0 aromatic heterocycles. The van der Waals surface area contributed by atoms with Gasteiger partial charge in [0.1, 0.15) is 13.2 Å². The molecule has 0 radical (unpaired) electrons. The molecule has 0 amide bonds. The summed E-state index contributed by atoms with van der Waals surface area (Å²) in [5, 5.41) is 0. The highest BCUT2D eigenvalue weighted by Crippen LogP contribution is 2.09. The van der Waals surface area contributed by atoms with Crippen LogP contribution in [0.3, 0.4) is 0 Å². The third-order valence-corrected chi connectivity index (χ3v) is 8.95. The van der Waals surface area contributed by atoms with Gasteiger partial charge in [0.05, 0.1) is 0 Å². The lowest BCUT2D eigenvalue weighted by Crippen LogP contribution is -2.30. The van der Waals surface area contributed by atoms with Crippen LogP contribution < -0.4 is 0 Å². The molecule has 0 aromatic carbocycles. The van der Waals surface area contributed by atoms with Gasteiger partial charge in [-0.1, -0.05) is 204 Å². The van der Waals surface area contributed by atoms with Crippen molar-refractivity contribution in [3.8, 4) is 0 Å². The Morgan fingerprint density at radius 3 is 1.19 bits per heavy atom. The zero-order valence-corrected chi connectivity index (χ0v) is 38.8. The van der Waals surface area contributed by atoms with Crippen LogP contribution in [0, 0.1) is 0 Å². The quantitative estimate of drug-likeness (QED) is 0.0202. The SMILES string of the molecule is CC\C=C/C=C\C=C/C=C\C=C\C=C/CCCCCC(=O)OCC(COC(=O)CCCCC/C=C\C=C/CCCC)OC(=O)CC/C=C\C/C=C\C/C=C\C/C=C\C/C=C\CC. The first-order chi connectivity index (χ1) is 30.5. The van der Waals surface area contributed by atoms with Crippen molar-refractivity contribution < 1.29 is 28.6 Å². The highest BCUT2D eigenvalue weighted by Gasteiger charge is 2.19. The van der Waals surface area contributed by atoms with Crippen molar-refractivity contribution in [2.75, 3.05) is 13.2 Å². The maximum absolute atomic E-state index is 12.7. The lowest BCUT2D eigenvalue weighted by atomic mass is 10.1. The van der Waals surface area contributed by atoms with Crippen molar-refractivity contribution in [2.24, 2.45) is 0 Å². The summed E-state index contributed by atoms with van der Waals surface area (Å²) in [6.07, 6.45) is 70.9. The smallest absolute Gasteiger partial charge is 0.306 e. The zero-order valence-electron chi connectivity index (χ0n) is 38.8. The van der Waals surface area contributed by atoms with E-state index < -0.39 is 12.1 Å². The Balaban J connectivity index is 4.67. The molecule has 6 heteroatoms. The topological polar surface area (TPSA) is 78.9 Å². The highest BCUT2D eigenvalue weighted by molar-refractivity contribution is 5.71. The van der Waals surface area contributed by atoms with Crippen molar-refractivity contribution in [2.45, 2.75) is 162 Å². The molecule has 342 valence electrons. The van der Waals surface area contributed by atoms with E-state index in [0.29, 0.717) is 19.3 Å². The third-order valence-electron chi connectivity index (χ3n) is 8.95. The van der Waals surface area contributed by atoms with Crippen LogP contribution in [0.4, 0.5) is 0 Å². The Kier molecular flexibility index (Phi) is 44.8. The van der Waals surface area contributed by atoms with Gasteiger partial charge < -0.3 is 14.2 Å². The number of hydrogen-bond donors (Lipinski definition) is 0. The van der Waals surface area contributed by atoms with Gasteiger partial charge in [0.15, 0.2) is 6.10 Å². The van der Waals surface area contributed by atoms with Crippen LogP contribution in [0.5, 0.6) is 0 Å². The maximum atomic E-state index is 12.7. The van der Waals surface area contributed by atoms with E-state index in [4.69, 9.17) is 14.2 Å². The van der Waals surface area contributed by atoms with Crippen molar-refractivity contribution in [1.82, 2.24) is 0 Å². The van der Waals surface area contributed by atoms with Crippen LogP contribution in [0.1, 0.15) is 156 Å². The molecule has 0 aromatic rings. The molecule has 0 aliphatic heterocycles. The van der Waals surface area contributed by atoms with E-state index in [1.807, 2.05) is 72.9 Å². The number of rotatable bonds is 39. The molecule has 0 saturated heterocycles. The zero-order chi connectivity index (χ0) is 45.1. The Bertz CT molecular complexity index is 1490. The second-order valence-corrected chi connectivity index (χ2v) is 14.7. The average molecular weight is 851 g/mol. The summed E-state index contributed by atoms with van der Waals surface area (Å²) in [4.78, 5) is 37.8. The van der Waals surface area contributed by atoms with Gasteiger partial charge in [-0.05, 0) is 89.9 Å². The number of carbonyl (C=O) groups is 3. The predicted molar refractivity (Wildman–Crippen MR) is 265 cm³/mol. The molecule has 6 nitrogen and oxygen atoms in total. The van der Waals surface area contributed by atoms with Gasteiger partial charge in [-0.3, -0.25) is 14.4 Å². The largest absolute Gasteiger partial charge is 0.462 e.